The zero-order chi connectivity index (χ0) is 25.3. The van der Waals surface area contributed by atoms with Gasteiger partial charge in [0.05, 0.1) is 21.2 Å². The minimum Gasteiger partial charge on any atom is -0.321 e. The second-order valence-corrected chi connectivity index (χ2v) is 9.11. The number of halogens is 4. The molecule has 1 heterocycles. The Hall–Kier alpha value is -3.23. The van der Waals surface area contributed by atoms with Crippen molar-refractivity contribution in [1.82, 2.24) is 4.68 Å². The zero-order valence-electron chi connectivity index (χ0n) is 18.0. The maximum Gasteiger partial charge on any atom is 0.328 e. The van der Waals surface area contributed by atoms with E-state index in [1.165, 1.54) is 10.7 Å². The van der Waals surface area contributed by atoms with E-state index in [1.54, 1.807) is 54.6 Å². The van der Waals surface area contributed by atoms with Crippen LogP contribution in [-0.2, 0) is 9.59 Å². The summed E-state index contributed by atoms with van der Waals surface area (Å²) in [5.41, 5.74) is 4.43. The van der Waals surface area contributed by atoms with Crippen LogP contribution in [0.5, 0.6) is 0 Å². The number of hydrogen-bond acceptors (Lipinski definition) is 3. The smallest absolute Gasteiger partial charge is 0.321 e. The van der Waals surface area contributed by atoms with Gasteiger partial charge in [0.2, 0.25) is 0 Å². The summed E-state index contributed by atoms with van der Waals surface area (Å²) < 4.78 is 1.21. The first-order valence-corrected chi connectivity index (χ1v) is 11.6. The fraction of sp³-hybridized carbons (Fsp3) is 0.0417. The molecule has 7 nitrogen and oxygen atoms in total. The summed E-state index contributed by atoms with van der Waals surface area (Å²) in [6, 6.07) is 16.1. The quantitative estimate of drug-likeness (QED) is 0.253. The molecular formula is C24H16Cl4N4O3. The third-order valence-electron chi connectivity index (χ3n) is 5.05. The number of rotatable bonds is 4. The molecule has 4 rings (SSSR count). The normalized spacial score (nSPS) is 10.8. The van der Waals surface area contributed by atoms with Crippen LogP contribution < -0.4 is 16.1 Å². The van der Waals surface area contributed by atoms with Crippen molar-refractivity contribution in [3.05, 3.63) is 92.0 Å². The standard InChI is InChI=1S/C24H16Cl4N4O3/c1-12-5-7-15(11-17(12)27)29-22(33)20-10-13-9-14(25)6-8-19(13)32(20)31-24(35)23(34)30-18-4-2-3-16(26)21(18)28/h2-11H,1H3,(H,29,33)(H,30,34)(H,31,35). The number of nitrogens with one attached hydrogen (secondary N) is 3. The molecule has 35 heavy (non-hydrogen) atoms. The molecular weight excluding hydrogens is 534 g/mol. The molecule has 0 unspecified atom stereocenters. The van der Waals surface area contributed by atoms with Gasteiger partial charge in [0.25, 0.3) is 5.91 Å². The molecule has 4 aromatic rings. The molecule has 178 valence electrons. The molecule has 0 bridgehead atoms. The van der Waals surface area contributed by atoms with Crippen LogP contribution in [0.4, 0.5) is 11.4 Å². The Morgan fingerprint density at radius 3 is 2.31 bits per heavy atom. The highest BCUT2D eigenvalue weighted by molar-refractivity contribution is 6.46. The molecule has 0 spiro atoms. The molecule has 3 amide bonds. The Morgan fingerprint density at radius 1 is 0.800 bits per heavy atom. The van der Waals surface area contributed by atoms with Crippen molar-refractivity contribution >= 4 is 86.4 Å². The van der Waals surface area contributed by atoms with Gasteiger partial charge in [-0.3, -0.25) is 19.8 Å². The van der Waals surface area contributed by atoms with Gasteiger partial charge in [-0.15, -0.1) is 0 Å². The maximum absolute atomic E-state index is 13.1. The molecule has 0 saturated heterocycles. The number of benzene rings is 3. The molecule has 0 radical (unpaired) electrons. The number of carbonyl (C=O) groups excluding carboxylic acids is 3. The Labute approximate surface area is 219 Å². The summed E-state index contributed by atoms with van der Waals surface area (Å²) in [6.07, 6.45) is 0. The lowest BCUT2D eigenvalue weighted by Crippen LogP contribution is -2.36. The first-order chi connectivity index (χ1) is 16.6. The molecule has 11 heteroatoms. The van der Waals surface area contributed by atoms with E-state index < -0.39 is 17.7 Å². The number of aryl methyl sites for hydroxylation is 1. The van der Waals surface area contributed by atoms with Crippen molar-refractivity contribution in [2.24, 2.45) is 0 Å². The molecule has 0 atom stereocenters. The van der Waals surface area contributed by atoms with Gasteiger partial charge in [0, 0.05) is 21.1 Å². The Morgan fingerprint density at radius 2 is 1.57 bits per heavy atom. The van der Waals surface area contributed by atoms with Gasteiger partial charge in [0.15, 0.2) is 0 Å². The van der Waals surface area contributed by atoms with E-state index in [0.29, 0.717) is 26.6 Å². The highest BCUT2D eigenvalue weighted by Gasteiger charge is 2.22. The Balaban J connectivity index is 1.64. The maximum atomic E-state index is 13.1. The number of hydrogen-bond donors (Lipinski definition) is 3. The number of fused-ring (bicyclic) bond motifs is 1. The van der Waals surface area contributed by atoms with Crippen LogP contribution in [0.25, 0.3) is 10.9 Å². The average Bonchev–Trinajstić information content (AvgIpc) is 3.16. The second-order valence-electron chi connectivity index (χ2n) is 7.48. The molecule has 0 aliphatic carbocycles. The fourth-order valence-corrected chi connectivity index (χ4v) is 3.98. The predicted octanol–water partition coefficient (Wildman–Crippen LogP) is 6.52. The first kappa shape index (κ1) is 24.9. The molecule has 0 saturated carbocycles. The van der Waals surface area contributed by atoms with E-state index in [0.717, 1.165) is 5.56 Å². The van der Waals surface area contributed by atoms with Gasteiger partial charge in [-0.25, -0.2) is 4.68 Å². The van der Waals surface area contributed by atoms with Crippen LogP contribution in [0.1, 0.15) is 16.1 Å². The van der Waals surface area contributed by atoms with Gasteiger partial charge in [0.1, 0.15) is 5.69 Å². The topological polar surface area (TPSA) is 92.2 Å². The molecule has 3 N–H and O–H groups in total. The van der Waals surface area contributed by atoms with Gasteiger partial charge >= 0.3 is 11.8 Å². The first-order valence-electron chi connectivity index (χ1n) is 10.1. The molecule has 0 aliphatic rings. The number of anilines is 2. The highest BCUT2D eigenvalue weighted by atomic mass is 35.5. The average molecular weight is 550 g/mol. The van der Waals surface area contributed by atoms with Crippen LogP contribution in [0, 0.1) is 6.92 Å². The van der Waals surface area contributed by atoms with Crippen LogP contribution in [-0.4, -0.2) is 22.4 Å². The SMILES string of the molecule is Cc1ccc(NC(=O)c2cc3cc(Cl)ccc3n2NC(=O)C(=O)Nc2cccc(Cl)c2Cl)cc1Cl. The van der Waals surface area contributed by atoms with Gasteiger partial charge in [-0.1, -0.05) is 58.5 Å². The number of nitrogens with zero attached hydrogens (tertiary/aromatic N) is 1. The van der Waals surface area contributed by atoms with Crippen molar-refractivity contribution in [2.45, 2.75) is 6.92 Å². The molecule has 1 aromatic heterocycles. The van der Waals surface area contributed by atoms with Crippen LogP contribution in [0.3, 0.4) is 0 Å². The Bertz CT molecular complexity index is 1500. The van der Waals surface area contributed by atoms with Crippen LogP contribution >= 0.6 is 46.4 Å². The highest BCUT2D eigenvalue weighted by Crippen LogP contribution is 2.29. The molecule has 0 fully saturated rings. The predicted molar refractivity (Wildman–Crippen MR) is 141 cm³/mol. The van der Waals surface area contributed by atoms with Gasteiger partial charge < -0.3 is 10.6 Å². The van der Waals surface area contributed by atoms with Crippen molar-refractivity contribution < 1.29 is 14.4 Å². The zero-order valence-corrected chi connectivity index (χ0v) is 21.0. The largest absolute Gasteiger partial charge is 0.328 e. The lowest BCUT2D eigenvalue weighted by atomic mass is 10.2. The van der Waals surface area contributed by atoms with E-state index in [1.807, 2.05) is 6.92 Å². The third-order valence-corrected chi connectivity index (χ3v) is 6.51. The minimum atomic E-state index is -1.04. The summed E-state index contributed by atoms with van der Waals surface area (Å²) in [5, 5.41) is 6.94. The van der Waals surface area contributed by atoms with Gasteiger partial charge in [-0.05, 0) is 61.0 Å². The van der Waals surface area contributed by atoms with Crippen molar-refractivity contribution in [2.75, 3.05) is 16.1 Å². The second kappa shape index (κ2) is 10.2. The van der Waals surface area contributed by atoms with Crippen LogP contribution in [0.2, 0.25) is 20.1 Å². The van der Waals surface area contributed by atoms with E-state index in [2.05, 4.69) is 16.1 Å². The van der Waals surface area contributed by atoms with E-state index in [4.69, 9.17) is 46.4 Å². The monoisotopic (exact) mass is 548 g/mol. The van der Waals surface area contributed by atoms with Crippen molar-refractivity contribution in [3.63, 3.8) is 0 Å². The lowest BCUT2D eigenvalue weighted by Gasteiger charge is -2.13. The lowest BCUT2D eigenvalue weighted by molar-refractivity contribution is -0.133. The van der Waals surface area contributed by atoms with Crippen LogP contribution in [0.15, 0.2) is 60.7 Å². The number of amides is 3. The number of aromatic nitrogens is 1. The summed E-state index contributed by atoms with van der Waals surface area (Å²) in [7, 11) is 0. The van der Waals surface area contributed by atoms with Gasteiger partial charge in [-0.2, -0.15) is 0 Å². The third kappa shape index (κ3) is 5.39. The fourth-order valence-electron chi connectivity index (χ4n) is 3.27. The van der Waals surface area contributed by atoms with Crippen molar-refractivity contribution in [3.8, 4) is 0 Å². The summed E-state index contributed by atoms with van der Waals surface area (Å²) in [4.78, 5) is 38.4. The Kier molecular flexibility index (Phi) is 7.23. The minimum absolute atomic E-state index is 0.0564. The van der Waals surface area contributed by atoms with Crippen molar-refractivity contribution in [1.29, 1.82) is 0 Å². The number of carbonyl (C=O) groups is 3. The van der Waals surface area contributed by atoms with E-state index in [9.17, 15) is 14.4 Å². The van der Waals surface area contributed by atoms with E-state index >= 15 is 0 Å². The summed E-state index contributed by atoms with van der Waals surface area (Å²) in [6.45, 7) is 1.84. The molecule has 0 aliphatic heterocycles. The molecule has 3 aromatic carbocycles. The summed E-state index contributed by atoms with van der Waals surface area (Å²) >= 11 is 24.3. The van der Waals surface area contributed by atoms with E-state index in [-0.39, 0.29) is 21.4 Å². The summed E-state index contributed by atoms with van der Waals surface area (Å²) in [5.74, 6) is -2.60.